The summed E-state index contributed by atoms with van der Waals surface area (Å²) in [4.78, 5) is 12.2. The fourth-order valence-corrected chi connectivity index (χ4v) is 3.98. The highest BCUT2D eigenvalue weighted by molar-refractivity contribution is 5.80. The zero-order chi connectivity index (χ0) is 18.3. The van der Waals surface area contributed by atoms with Gasteiger partial charge in [-0.05, 0) is 43.4 Å². The number of β-amino-alcohol motifs (C(OH)–C–C–N with tert-alkyl or cyclic N) is 1. The zero-order valence-corrected chi connectivity index (χ0v) is 14.3. The van der Waals surface area contributed by atoms with Crippen molar-refractivity contribution < 1.29 is 24.1 Å². The lowest BCUT2D eigenvalue weighted by atomic mass is 9.86. The van der Waals surface area contributed by atoms with Crippen molar-refractivity contribution in [1.82, 2.24) is 14.7 Å². The van der Waals surface area contributed by atoms with Crippen molar-refractivity contribution in [1.29, 1.82) is 0 Å². The predicted molar refractivity (Wildman–Crippen MR) is 91.5 cm³/mol. The van der Waals surface area contributed by atoms with E-state index in [4.69, 9.17) is 9.84 Å². The number of carbonyl (C=O) groups is 1. The van der Waals surface area contributed by atoms with Crippen molar-refractivity contribution in [2.45, 2.75) is 43.9 Å². The Balaban J connectivity index is 1.67. The second kappa shape index (κ2) is 6.85. The Kier molecular flexibility index (Phi) is 4.54. The van der Waals surface area contributed by atoms with Crippen molar-refractivity contribution in [3.63, 3.8) is 0 Å². The summed E-state index contributed by atoms with van der Waals surface area (Å²) < 4.78 is 22.3. The van der Waals surface area contributed by atoms with Crippen LogP contribution >= 0.6 is 0 Å². The molecule has 0 saturated carbocycles. The Morgan fingerprint density at radius 1 is 1.31 bits per heavy atom. The molecule has 2 saturated heterocycles. The molecule has 26 heavy (non-hydrogen) atoms. The Hall–Kier alpha value is -2.19. The van der Waals surface area contributed by atoms with E-state index >= 15 is 0 Å². The Labute approximate surface area is 150 Å². The first-order chi connectivity index (χ1) is 12.5. The maximum atomic E-state index is 14.7. The van der Waals surface area contributed by atoms with Gasteiger partial charge < -0.3 is 19.8 Å². The highest BCUT2D eigenvalue weighted by atomic mass is 19.1. The van der Waals surface area contributed by atoms with Crippen molar-refractivity contribution in [3.8, 4) is 0 Å². The first-order valence-electron chi connectivity index (χ1n) is 8.99. The Morgan fingerprint density at radius 2 is 2.15 bits per heavy atom. The number of rotatable bonds is 2. The van der Waals surface area contributed by atoms with Gasteiger partial charge >= 0.3 is 6.09 Å². The molecule has 4 rings (SSSR count). The van der Waals surface area contributed by atoms with E-state index in [2.05, 4.69) is 5.10 Å². The molecule has 2 aliphatic heterocycles. The number of nitrogens with zero attached hydrogens (tertiary/aromatic N) is 3. The van der Waals surface area contributed by atoms with Crippen molar-refractivity contribution in [3.05, 3.63) is 29.7 Å². The number of fused-ring (bicyclic) bond motifs is 1. The molecule has 0 radical (unpaired) electrons. The SMILES string of the molecule is O=C(O)N1CCC(c2cc3c(cnn3C3CCCCO3)cc2F)C(O)C1. The van der Waals surface area contributed by atoms with Crippen LogP contribution < -0.4 is 0 Å². The van der Waals surface area contributed by atoms with Gasteiger partial charge in [-0.3, -0.25) is 0 Å². The largest absolute Gasteiger partial charge is 0.465 e. The van der Waals surface area contributed by atoms with Crippen LogP contribution in [0.2, 0.25) is 0 Å². The van der Waals surface area contributed by atoms with E-state index < -0.39 is 23.9 Å². The van der Waals surface area contributed by atoms with Crippen LogP contribution in [-0.4, -0.2) is 56.8 Å². The first kappa shape index (κ1) is 17.2. The summed E-state index contributed by atoms with van der Waals surface area (Å²) in [6, 6.07) is 3.17. The number of aliphatic hydroxyl groups excluding tert-OH is 1. The molecule has 3 heterocycles. The smallest absolute Gasteiger partial charge is 0.407 e. The normalized spacial score (nSPS) is 27.0. The van der Waals surface area contributed by atoms with E-state index in [1.54, 1.807) is 16.9 Å². The number of piperidine rings is 1. The van der Waals surface area contributed by atoms with Gasteiger partial charge in [0.2, 0.25) is 0 Å². The van der Waals surface area contributed by atoms with E-state index in [0.717, 1.165) is 29.7 Å². The van der Waals surface area contributed by atoms with E-state index in [1.165, 1.54) is 6.07 Å². The predicted octanol–water partition coefficient (Wildman–Crippen LogP) is 2.70. The highest BCUT2D eigenvalue weighted by Gasteiger charge is 2.33. The third-order valence-electron chi connectivity index (χ3n) is 5.39. The van der Waals surface area contributed by atoms with Gasteiger partial charge in [-0.1, -0.05) is 0 Å². The van der Waals surface area contributed by atoms with Crippen LogP contribution in [0.15, 0.2) is 18.3 Å². The minimum Gasteiger partial charge on any atom is -0.465 e. The molecule has 140 valence electrons. The maximum Gasteiger partial charge on any atom is 0.407 e. The van der Waals surface area contributed by atoms with Gasteiger partial charge in [0.1, 0.15) is 5.82 Å². The summed E-state index contributed by atoms with van der Waals surface area (Å²) >= 11 is 0. The molecular formula is C18H22FN3O4. The van der Waals surface area contributed by atoms with E-state index in [0.29, 0.717) is 24.0 Å². The fraction of sp³-hybridized carbons (Fsp3) is 0.556. The van der Waals surface area contributed by atoms with Crippen molar-refractivity contribution in [2.24, 2.45) is 0 Å². The van der Waals surface area contributed by atoms with Crippen LogP contribution in [0.5, 0.6) is 0 Å². The number of halogens is 1. The van der Waals surface area contributed by atoms with Crippen LogP contribution in [-0.2, 0) is 4.74 Å². The van der Waals surface area contributed by atoms with Gasteiger partial charge in [-0.2, -0.15) is 5.10 Å². The lowest BCUT2D eigenvalue weighted by molar-refractivity contribution is -0.0366. The van der Waals surface area contributed by atoms with Crippen molar-refractivity contribution >= 4 is 17.0 Å². The van der Waals surface area contributed by atoms with Crippen molar-refractivity contribution in [2.75, 3.05) is 19.7 Å². The molecule has 2 N–H and O–H groups in total. The van der Waals surface area contributed by atoms with Crippen LogP contribution in [0.25, 0.3) is 10.9 Å². The number of ether oxygens (including phenoxy) is 1. The average molecular weight is 363 g/mol. The second-order valence-corrected chi connectivity index (χ2v) is 7.03. The summed E-state index contributed by atoms with van der Waals surface area (Å²) in [5.41, 5.74) is 1.19. The number of likely N-dealkylation sites (tertiary alicyclic amines) is 1. The Morgan fingerprint density at radius 3 is 2.85 bits per heavy atom. The van der Waals surface area contributed by atoms with Crippen LogP contribution in [0.3, 0.4) is 0 Å². The molecule has 0 spiro atoms. The van der Waals surface area contributed by atoms with E-state index in [9.17, 15) is 14.3 Å². The summed E-state index contributed by atoms with van der Waals surface area (Å²) in [7, 11) is 0. The number of aliphatic hydroxyl groups is 1. The first-order valence-corrected chi connectivity index (χ1v) is 8.99. The van der Waals surface area contributed by atoms with E-state index in [1.807, 2.05) is 0 Å². The molecule has 1 amide bonds. The van der Waals surface area contributed by atoms with Gasteiger partial charge in [0, 0.05) is 24.5 Å². The van der Waals surface area contributed by atoms with Crippen LogP contribution in [0.4, 0.5) is 9.18 Å². The Bertz CT molecular complexity index is 818. The fourth-order valence-electron chi connectivity index (χ4n) is 3.98. The molecule has 8 heteroatoms. The topological polar surface area (TPSA) is 87.8 Å². The van der Waals surface area contributed by atoms with Gasteiger partial charge in [0.15, 0.2) is 6.23 Å². The lowest BCUT2D eigenvalue weighted by Gasteiger charge is -2.34. The minimum absolute atomic E-state index is 0.0114. The second-order valence-electron chi connectivity index (χ2n) is 7.03. The minimum atomic E-state index is -1.06. The molecule has 0 bridgehead atoms. The van der Waals surface area contributed by atoms with Crippen LogP contribution in [0, 0.1) is 5.82 Å². The molecule has 2 aliphatic rings. The average Bonchev–Trinajstić information content (AvgIpc) is 3.04. The molecule has 2 fully saturated rings. The molecule has 7 nitrogen and oxygen atoms in total. The summed E-state index contributed by atoms with van der Waals surface area (Å²) in [5.74, 6) is -0.833. The van der Waals surface area contributed by atoms with Gasteiger partial charge in [0.25, 0.3) is 0 Å². The molecule has 3 unspecified atom stereocenters. The number of benzene rings is 1. The molecule has 1 aromatic heterocycles. The number of hydrogen-bond acceptors (Lipinski definition) is 4. The van der Waals surface area contributed by atoms with Gasteiger partial charge in [0.05, 0.1) is 24.4 Å². The van der Waals surface area contributed by atoms with E-state index in [-0.39, 0.29) is 19.3 Å². The summed E-state index contributed by atoms with van der Waals surface area (Å²) in [6.07, 6.45) is 2.81. The van der Waals surface area contributed by atoms with Gasteiger partial charge in [-0.25, -0.2) is 13.9 Å². The highest BCUT2D eigenvalue weighted by Crippen LogP contribution is 2.34. The standard InChI is InChI=1S/C18H22FN3O4/c19-14-7-11-9-20-22(17-3-1-2-6-26-17)15(11)8-13(14)12-4-5-21(18(24)25)10-16(12)23/h7-9,12,16-17,23H,1-6,10H2,(H,24,25). The molecular weight excluding hydrogens is 341 g/mol. The molecule has 3 atom stereocenters. The monoisotopic (exact) mass is 363 g/mol. The number of aromatic nitrogens is 2. The summed E-state index contributed by atoms with van der Waals surface area (Å²) in [6.45, 7) is 0.953. The quantitative estimate of drug-likeness (QED) is 0.857. The van der Waals surface area contributed by atoms with Gasteiger partial charge in [-0.15, -0.1) is 0 Å². The summed E-state index contributed by atoms with van der Waals surface area (Å²) in [5, 5.41) is 24.5. The van der Waals surface area contributed by atoms with Crippen LogP contribution in [0.1, 0.15) is 43.4 Å². The zero-order valence-electron chi connectivity index (χ0n) is 14.3. The third-order valence-corrected chi connectivity index (χ3v) is 5.39. The number of carboxylic acid groups (broad SMARTS) is 1. The number of hydrogen-bond donors (Lipinski definition) is 2. The molecule has 2 aromatic rings. The number of amides is 1. The third kappa shape index (κ3) is 3.03. The lowest BCUT2D eigenvalue weighted by Crippen LogP contribution is -2.45. The maximum absolute atomic E-state index is 14.7. The molecule has 0 aliphatic carbocycles. The molecule has 1 aromatic carbocycles.